The highest BCUT2D eigenvalue weighted by Crippen LogP contribution is 2.09. The molecular formula is C11H18BrO3-. The van der Waals surface area contributed by atoms with Gasteiger partial charge in [0.2, 0.25) is 0 Å². The van der Waals surface area contributed by atoms with Crippen LogP contribution in [0.25, 0.3) is 0 Å². The van der Waals surface area contributed by atoms with Gasteiger partial charge in [0, 0.05) is 10.9 Å². The standard InChI is InChI=1S/C11H18BrO3/c1-3-15-11(14)10(7-12)6-4-5-9(2)8-13/h6,9H,3-5,7-8H2,1-2H3/q-1/b10-6+. The predicted molar refractivity (Wildman–Crippen MR) is 61.8 cm³/mol. The second kappa shape index (κ2) is 8.92. The van der Waals surface area contributed by atoms with E-state index in [9.17, 15) is 9.90 Å². The summed E-state index contributed by atoms with van der Waals surface area (Å²) in [5.41, 5.74) is 0.634. The zero-order valence-corrected chi connectivity index (χ0v) is 10.9. The molecule has 0 aliphatic heterocycles. The van der Waals surface area contributed by atoms with Crippen LogP contribution in [0.3, 0.4) is 0 Å². The Balaban J connectivity index is 4.04. The molecule has 0 rings (SSSR count). The predicted octanol–water partition coefficient (Wildman–Crippen LogP) is 1.65. The number of allylic oxidation sites excluding steroid dienone is 1. The third kappa shape index (κ3) is 6.68. The molecular weight excluding hydrogens is 260 g/mol. The third-order valence-corrected chi connectivity index (χ3v) is 2.62. The lowest BCUT2D eigenvalue weighted by Gasteiger charge is -2.12. The van der Waals surface area contributed by atoms with Crippen molar-refractivity contribution in [2.45, 2.75) is 26.7 Å². The summed E-state index contributed by atoms with van der Waals surface area (Å²) in [5, 5.41) is 11.0. The van der Waals surface area contributed by atoms with Crippen LogP contribution in [0.5, 0.6) is 0 Å². The Morgan fingerprint density at radius 2 is 2.27 bits per heavy atom. The molecule has 0 spiro atoms. The number of hydrogen-bond acceptors (Lipinski definition) is 3. The number of halogens is 1. The van der Waals surface area contributed by atoms with E-state index in [0.717, 1.165) is 12.8 Å². The molecule has 0 fully saturated rings. The van der Waals surface area contributed by atoms with Crippen molar-refractivity contribution in [1.29, 1.82) is 0 Å². The average molecular weight is 278 g/mol. The van der Waals surface area contributed by atoms with E-state index in [0.29, 0.717) is 17.5 Å². The average Bonchev–Trinajstić information content (AvgIpc) is 2.24. The van der Waals surface area contributed by atoms with Crippen LogP contribution >= 0.6 is 15.9 Å². The zero-order valence-electron chi connectivity index (χ0n) is 9.29. The summed E-state index contributed by atoms with van der Waals surface area (Å²) in [7, 11) is 0. The molecule has 0 aromatic heterocycles. The topological polar surface area (TPSA) is 49.4 Å². The molecule has 0 saturated carbocycles. The summed E-state index contributed by atoms with van der Waals surface area (Å²) < 4.78 is 4.88. The van der Waals surface area contributed by atoms with Crippen molar-refractivity contribution in [2.24, 2.45) is 5.92 Å². The highest BCUT2D eigenvalue weighted by Gasteiger charge is 2.07. The van der Waals surface area contributed by atoms with Crippen molar-refractivity contribution in [1.82, 2.24) is 0 Å². The van der Waals surface area contributed by atoms with Crippen LogP contribution in [0, 0.1) is 5.92 Å². The molecule has 0 heterocycles. The number of rotatable bonds is 7. The molecule has 0 aromatic rings. The highest BCUT2D eigenvalue weighted by atomic mass is 79.9. The Bertz CT molecular complexity index is 214. The molecule has 0 N–H and O–H groups in total. The first-order valence-electron chi connectivity index (χ1n) is 5.15. The van der Waals surface area contributed by atoms with Gasteiger partial charge in [-0.05, 0) is 19.8 Å². The van der Waals surface area contributed by atoms with Gasteiger partial charge >= 0.3 is 5.97 Å². The quantitative estimate of drug-likeness (QED) is 0.404. The van der Waals surface area contributed by atoms with Crippen molar-refractivity contribution in [3.05, 3.63) is 11.6 Å². The summed E-state index contributed by atoms with van der Waals surface area (Å²) in [4.78, 5) is 11.3. The molecule has 4 heteroatoms. The van der Waals surface area contributed by atoms with Gasteiger partial charge in [-0.1, -0.05) is 34.8 Å². The maximum absolute atomic E-state index is 11.3. The largest absolute Gasteiger partial charge is 0.854 e. The Hall–Kier alpha value is -0.350. The molecule has 0 radical (unpaired) electrons. The molecule has 0 saturated heterocycles. The molecule has 88 valence electrons. The van der Waals surface area contributed by atoms with Crippen LogP contribution in [0.4, 0.5) is 0 Å². The van der Waals surface area contributed by atoms with E-state index in [1.54, 1.807) is 6.92 Å². The van der Waals surface area contributed by atoms with Crippen molar-refractivity contribution in [3.8, 4) is 0 Å². The first-order valence-corrected chi connectivity index (χ1v) is 6.28. The van der Waals surface area contributed by atoms with Gasteiger partial charge in [0.15, 0.2) is 0 Å². The van der Waals surface area contributed by atoms with Crippen LogP contribution in [0.2, 0.25) is 0 Å². The molecule has 3 nitrogen and oxygen atoms in total. The minimum Gasteiger partial charge on any atom is -0.854 e. The molecule has 1 unspecified atom stereocenters. The monoisotopic (exact) mass is 277 g/mol. The smallest absolute Gasteiger partial charge is 0.334 e. The van der Waals surface area contributed by atoms with Gasteiger partial charge in [-0.2, -0.15) is 0 Å². The van der Waals surface area contributed by atoms with E-state index in [2.05, 4.69) is 15.9 Å². The van der Waals surface area contributed by atoms with Gasteiger partial charge in [-0.3, -0.25) is 0 Å². The second-order valence-electron chi connectivity index (χ2n) is 3.43. The number of carbonyl (C=O) groups is 1. The lowest BCUT2D eigenvalue weighted by molar-refractivity contribution is -0.378. The highest BCUT2D eigenvalue weighted by molar-refractivity contribution is 9.09. The summed E-state index contributed by atoms with van der Waals surface area (Å²) in [6.07, 6.45) is 3.42. The molecule has 0 bridgehead atoms. The molecule has 0 aromatic carbocycles. The first-order chi connectivity index (χ1) is 7.15. The number of hydrogen-bond donors (Lipinski definition) is 0. The van der Waals surface area contributed by atoms with Crippen LogP contribution in [0.15, 0.2) is 11.6 Å². The van der Waals surface area contributed by atoms with Crippen molar-refractivity contribution in [3.63, 3.8) is 0 Å². The number of alkyl halides is 1. The minimum absolute atomic E-state index is 0.0586. The molecule has 0 aliphatic rings. The normalized spacial score (nSPS) is 13.7. The zero-order chi connectivity index (χ0) is 11.7. The van der Waals surface area contributed by atoms with Gasteiger partial charge in [0.1, 0.15) is 0 Å². The number of carbonyl (C=O) groups excluding carboxylic acids is 1. The van der Waals surface area contributed by atoms with E-state index in [1.807, 2.05) is 13.0 Å². The number of esters is 1. The molecule has 1 atom stereocenters. The maximum Gasteiger partial charge on any atom is 0.334 e. The van der Waals surface area contributed by atoms with Gasteiger partial charge in [-0.15, -0.1) is 6.61 Å². The van der Waals surface area contributed by atoms with Gasteiger partial charge in [0.25, 0.3) is 0 Å². The second-order valence-corrected chi connectivity index (χ2v) is 3.99. The Morgan fingerprint density at radius 1 is 1.60 bits per heavy atom. The lowest BCUT2D eigenvalue weighted by Crippen LogP contribution is -2.15. The maximum atomic E-state index is 11.3. The van der Waals surface area contributed by atoms with E-state index in [1.165, 1.54) is 0 Å². The summed E-state index contributed by atoms with van der Waals surface area (Å²) in [5.74, 6) is -0.107. The Morgan fingerprint density at radius 3 is 2.73 bits per heavy atom. The summed E-state index contributed by atoms with van der Waals surface area (Å²) >= 11 is 3.24. The SMILES string of the molecule is CCOC(=O)/C(=C/CCC(C)C[O-])CBr. The van der Waals surface area contributed by atoms with Gasteiger partial charge in [-0.25, -0.2) is 4.79 Å². The first kappa shape index (κ1) is 14.6. The van der Waals surface area contributed by atoms with Crippen molar-refractivity contribution in [2.75, 3.05) is 18.5 Å². The van der Waals surface area contributed by atoms with Crippen LogP contribution < -0.4 is 5.11 Å². The van der Waals surface area contributed by atoms with E-state index >= 15 is 0 Å². The summed E-state index contributed by atoms with van der Waals surface area (Å²) in [6.45, 7) is 4.03. The molecule has 0 amide bonds. The molecule has 0 aliphatic carbocycles. The van der Waals surface area contributed by atoms with Crippen molar-refractivity contribution >= 4 is 21.9 Å². The third-order valence-electron chi connectivity index (χ3n) is 2.02. The number of ether oxygens (including phenoxy) is 1. The van der Waals surface area contributed by atoms with Crippen LogP contribution in [0.1, 0.15) is 26.7 Å². The fourth-order valence-electron chi connectivity index (χ4n) is 1.04. The lowest BCUT2D eigenvalue weighted by atomic mass is 10.1. The fourth-order valence-corrected chi connectivity index (χ4v) is 1.50. The van der Waals surface area contributed by atoms with E-state index in [-0.39, 0.29) is 18.5 Å². The van der Waals surface area contributed by atoms with Crippen LogP contribution in [-0.4, -0.2) is 24.5 Å². The Kier molecular flexibility index (Phi) is 8.71. The van der Waals surface area contributed by atoms with Gasteiger partial charge in [0.05, 0.1) is 6.61 Å². The van der Waals surface area contributed by atoms with Gasteiger partial charge < -0.3 is 9.84 Å². The van der Waals surface area contributed by atoms with E-state index < -0.39 is 0 Å². The summed E-state index contributed by atoms with van der Waals surface area (Å²) in [6, 6.07) is 0. The minimum atomic E-state index is -0.274. The fraction of sp³-hybridized carbons (Fsp3) is 0.727. The van der Waals surface area contributed by atoms with Crippen molar-refractivity contribution < 1.29 is 14.6 Å². The van der Waals surface area contributed by atoms with E-state index in [4.69, 9.17) is 4.74 Å². The Labute approximate surface area is 99.6 Å². The molecule has 15 heavy (non-hydrogen) atoms. The van der Waals surface area contributed by atoms with Crippen LogP contribution in [-0.2, 0) is 9.53 Å².